The number of rotatable bonds is 8. The molecule has 2 aliphatic heterocycles. The topological polar surface area (TPSA) is 120 Å². The van der Waals surface area contributed by atoms with Gasteiger partial charge in [-0.15, -0.1) is 0 Å². The van der Waals surface area contributed by atoms with Crippen LogP contribution in [-0.2, 0) is 18.1 Å². The van der Waals surface area contributed by atoms with Crippen LogP contribution in [0.15, 0.2) is 36.9 Å². The summed E-state index contributed by atoms with van der Waals surface area (Å²) in [6.45, 7) is 3.85. The standard InChI is InChI=1S/C30H31F4N9O/c1-2-3-4-23-39-25(22-6-12-37-27(22)40-23)19-15-38-43(16-19)29(9-10-35)17-42(18-29)20-7-13-41(14-8-20)28(44)21-5-11-36-26(24(21)31)30(32,33)34/h5-6,11-12,15-16,20H,2-4,7-9,13-14,17-18H2,1H3,(H,37,39,40). The van der Waals surface area contributed by atoms with Crippen molar-refractivity contribution in [1.29, 1.82) is 5.26 Å². The van der Waals surface area contributed by atoms with E-state index >= 15 is 0 Å². The van der Waals surface area contributed by atoms with Gasteiger partial charge < -0.3 is 9.88 Å². The molecule has 44 heavy (non-hydrogen) atoms. The summed E-state index contributed by atoms with van der Waals surface area (Å²) in [6.07, 6.45) is 5.56. The summed E-state index contributed by atoms with van der Waals surface area (Å²) in [6, 6.07) is 5.34. The van der Waals surface area contributed by atoms with Crippen molar-refractivity contribution < 1.29 is 22.4 Å². The largest absolute Gasteiger partial charge is 0.436 e. The molecule has 14 heteroatoms. The normalized spacial score (nSPS) is 17.5. The van der Waals surface area contributed by atoms with E-state index in [2.05, 4.69) is 37.9 Å². The Labute approximate surface area is 250 Å². The van der Waals surface area contributed by atoms with Crippen LogP contribution >= 0.6 is 0 Å². The molecule has 2 fully saturated rings. The lowest BCUT2D eigenvalue weighted by atomic mass is 9.83. The fourth-order valence-corrected chi connectivity index (χ4v) is 6.22. The van der Waals surface area contributed by atoms with Crippen LogP contribution in [0.1, 0.15) is 60.9 Å². The SMILES string of the molecule is CCCCc1nc(-c2cnn(C3(CC#N)CN(C4CCN(C(=O)c5ccnc(C(F)(F)F)c5F)CC4)C3)c2)c2cc[nH]c2n1. The van der Waals surface area contributed by atoms with Gasteiger partial charge in [0.15, 0.2) is 11.5 Å². The average molecular weight is 610 g/mol. The van der Waals surface area contributed by atoms with Gasteiger partial charge >= 0.3 is 6.18 Å². The molecule has 4 aromatic rings. The Morgan fingerprint density at radius 2 is 1.98 bits per heavy atom. The van der Waals surface area contributed by atoms with Crippen molar-refractivity contribution >= 4 is 16.9 Å². The number of unbranched alkanes of at least 4 members (excludes halogenated alkanes) is 1. The van der Waals surface area contributed by atoms with Crippen molar-refractivity contribution in [2.45, 2.75) is 63.2 Å². The third kappa shape index (κ3) is 5.40. The minimum atomic E-state index is -4.99. The number of piperidine rings is 1. The number of nitrogens with zero attached hydrogens (tertiary/aromatic N) is 8. The Balaban J connectivity index is 1.13. The number of aromatic nitrogens is 6. The summed E-state index contributed by atoms with van der Waals surface area (Å²) in [5.41, 5.74) is -0.438. The molecule has 230 valence electrons. The molecule has 0 radical (unpaired) electrons. The highest BCUT2D eigenvalue weighted by atomic mass is 19.4. The Morgan fingerprint density at radius 1 is 1.20 bits per heavy atom. The van der Waals surface area contributed by atoms with E-state index in [9.17, 15) is 27.6 Å². The van der Waals surface area contributed by atoms with Gasteiger partial charge in [-0.3, -0.25) is 14.4 Å². The van der Waals surface area contributed by atoms with Gasteiger partial charge in [0, 0.05) is 68.2 Å². The number of hydrogen-bond acceptors (Lipinski definition) is 7. The molecular formula is C30H31F4N9O. The number of nitrogens with one attached hydrogen (secondary N) is 1. The molecule has 2 aliphatic rings. The van der Waals surface area contributed by atoms with E-state index < -0.39 is 34.7 Å². The molecule has 0 spiro atoms. The van der Waals surface area contributed by atoms with Crippen LogP contribution in [0.5, 0.6) is 0 Å². The third-order valence-electron chi connectivity index (χ3n) is 8.62. The van der Waals surface area contributed by atoms with Crippen molar-refractivity contribution in [3.05, 3.63) is 59.8 Å². The van der Waals surface area contributed by atoms with Gasteiger partial charge in [-0.25, -0.2) is 19.3 Å². The fourth-order valence-electron chi connectivity index (χ4n) is 6.22. The van der Waals surface area contributed by atoms with E-state index in [-0.39, 0.29) is 25.6 Å². The average Bonchev–Trinajstić information content (AvgIpc) is 3.67. The summed E-state index contributed by atoms with van der Waals surface area (Å²) >= 11 is 0. The zero-order valence-corrected chi connectivity index (χ0v) is 24.1. The van der Waals surface area contributed by atoms with Gasteiger partial charge in [0.25, 0.3) is 5.91 Å². The number of aryl methyl sites for hydroxylation is 1. The zero-order chi connectivity index (χ0) is 31.1. The van der Waals surface area contributed by atoms with Gasteiger partial charge in [-0.1, -0.05) is 13.3 Å². The van der Waals surface area contributed by atoms with Gasteiger partial charge in [0.05, 0.1) is 29.9 Å². The lowest BCUT2D eigenvalue weighted by Crippen LogP contribution is -2.66. The van der Waals surface area contributed by atoms with E-state index in [1.54, 1.807) is 6.20 Å². The number of likely N-dealkylation sites (tertiary alicyclic amines) is 2. The molecule has 0 unspecified atom stereocenters. The first-order valence-electron chi connectivity index (χ1n) is 14.6. The van der Waals surface area contributed by atoms with E-state index in [0.29, 0.717) is 25.9 Å². The maximum atomic E-state index is 14.5. The summed E-state index contributed by atoms with van der Waals surface area (Å²) in [5.74, 6) is -1.66. The Bertz CT molecular complexity index is 1710. The number of pyridine rings is 1. The summed E-state index contributed by atoms with van der Waals surface area (Å²) in [4.78, 5) is 32.3. The van der Waals surface area contributed by atoms with E-state index in [1.165, 1.54) is 4.90 Å². The predicted octanol–water partition coefficient (Wildman–Crippen LogP) is 4.95. The van der Waals surface area contributed by atoms with E-state index in [1.807, 2.05) is 23.1 Å². The summed E-state index contributed by atoms with van der Waals surface area (Å²) < 4.78 is 55.6. The highest BCUT2D eigenvalue weighted by Gasteiger charge is 2.48. The van der Waals surface area contributed by atoms with Gasteiger partial charge in [-0.2, -0.15) is 23.5 Å². The van der Waals surface area contributed by atoms with Crippen molar-refractivity contribution in [2.24, 2.45) is 0 Å². The zero-order valence-electron chi connectivity index (χ0n) is 24.1. The van der Waals surface area contributed by atoms with Crippen LogP contribution in [0, 0.1) is 17.1 Å². The highest BCUT2D eigenvalue weighted by Crippen LogP contribution is 2.38. The lowest BCUT2D eigenvalue weighted by Gasteiger charge is -2.53. The minimum Gasteiger partial charge on any atom is -0.346 e. The maximum absolute atomic E-state index is 14.5. The quantitative estimate of drug-likeness (QED) is 0.281. The molecule has 1 amide bonds. The number of nitriles is 1. The molecular weight excluding hydrogens is 578 g/mol. The van der Waals surface area contributed by atoms with Crippen LogP contribution in [0.3, 0.4) is 0 Å². The Hall–Kier alpha value is -4.38. The van der Waals surface area contributed by atoms with Gasteiger partial charge in [-0.05, 0) is 31.4 Å². The van der Waals surface area contributed by atoms with Crippen LogP contribution in [0.2, 0.25) is 0 Å². The second-order valence-electron chi connectivity index (χ2n) is 11.5. The van der Waals surface area contributed by atoms with Crippen LogP contribution in [0.4, 0.5) is 17.6 Å². The number of aromatic amines is 1. The van der Waals surface area contributed by atoms with Gasteiger partial charge in [0.1, 0.15) is 17.0 Å². The summed E-state index contributed by atoms with van der Waals surface area (Å²) in [7, 11) is 0. The molecule has 6 heterocycles. The molecule has 6 rings (SSSR count). The molecule has 0 bridgehead atoms. The molecule has 4 aromatic heterocycles. The number of carbonyl (C=O) groups is 1. The van der Waals surface area contributed by atoms with Crippen molar-refractivity contribution in [3.63, 3.8) is 0 Å². The second-order valence-corrected chi connectivity index (χ2v) is 11.5. The first-order valence-corrected chi connectivity index (χ1v) is 14.6. The number of amides is 1. The first kappa shape index (κ1) is 29.7. The fraction of sp³-hybridized carbons (Fsp3) is 0.467. The Morgan fingerprint density at radius 3 is 2.68 bits per heavy atom. The number of carbonyl (C=O) groups excluding carboxylic acids is 1. The molecule has 1 N–H and O–H groups in total. The van der Waals surface area contributed by atoms with Crippen molar-refractivity contribution in [3.8, 4) is 17.3 Å². The first-order chi connectivity index (χ1) is 21.1. The number of halogens is 4. The monoisotopic (exact) mass is 609 g/mol. The smallest absolute Gasteiger partial charge is 0.346 e. The molecule has 2 saturated heterocycles. The summed E-state index contributed by atoms with van der Waals surface area (Å²) in [5, 5.41) is 15.3. The van der Waals surface area contributed by atoms with E-state index in [4.69, 9.17) is 4.98 Å². The van der Waals surface area contributed by atoms with Crippen molar-refractivity contribution in [2.75, 3.05) is 26.2 Å². The minimum absolute atomic E-state index is 0.108. The third-order valence-corrected chi connectivity index (χ3v) is 8.62. The molecule has 0 atom stereocenters. The molecule has 0 aromatic carbocycles. The maximum Gasteiger partial charge on any atom is 0.436 e. The number of alkyl halides is 3. The number of fused-ring (bicyclic) bond motifs is 1. The lowest BCUT2D eigenvalue weighted by molar-refractivity contribution is -0.143. The molecule has 0 aliphatic carbocycles. The van der Waals surface area contributed by atoms with Crippen LogP contribution in [-0.4, -0.2) is 77.6 Å². The predicted molar refractivity (Wildman–Crippen MR) is 152 cm³/mol. The Kier molecular flexibility index (Phi) is 7.83. The molecule has 0 saturated carbocycles. The van der Waals surface area contributed by atoms with Crippen LogP contribution < -0.4 is 0 Å². The second kappa shape index (κ2) is 11.6. The number of hydrogen-bond donors (Lipinski definition) is 1. The van der Waals surface area contributed by atoms with Crippen LogP contribution in [0.25, 0.3) is 22.3 Å². The van der Waals surface area contributed by atoms with Crippen molar-refractivity contribution in [1.82, 2.24) is 39.5 Å². The number of H-pyrrole nitrogens is 1. The van der Waals surface area contributed by atoms with E-state index in [0.717, 1.165) is 59.6 Å². The van der Waals surface area contributed by atoms with Gasteiger partial charge in [0.2, 0.25) is 0 Å². The highest BCUT2D eigenvalue weighted by molar-refractivity contribution is 5.94. The molecule has 10 nitrogen and oxygen atoms in total.